The number of aromatic nitrogens is 1. The minimum absolute atomic E-state index is 0.0972. The normalized spacial score (nSPS) is 12.2. The molecule has 0 aliphatic heterocycles. The van der Waals surface area contributed by atoms with Gasteiger partial charge in [0.05, 0.1) is 22.1 Å². The van der Waals surface area contributed by atoms with Crippen molar-refractivity contribution in [3.63, 3.8) is 0 Å². The van der Waals surface area contributed by atoms with E-state index in [-0.39, 0.29) is 6.04 Å². The molecule has 58 valence electrons. The molecule has 1 aromatic heterocycles. The van der Waals surface area contributed by atoms with Crippen LogP contribution < -0.4 is 0 Å². The first-order chi connectivity index (χ1) is 5.25. The third-order valence-electron chi connectivity index (χ3n) is 1.41. The van der Waals surface area contributed by atoms with Crippen molar-refractivity contribution in [3.8, 4) is 0 Å². The van der Waals surface area contributed by atoms with Crippen molar-refractivity contribution in [3.05, 3.63) is 16.1 Å². The number of thiazole rings is 1. The predicted molar refractivity (Wildman–Crippen MR) is 43.4 cm³/mol. The van der Waals surface area contributed by atoms with E-state index >= 15 is 0 Å². The molecular formula is C7H8N2OS. The fourth-order valence-corrected chi connectivity index (χ4v) is 1.65. The zero-order valence-corrected chi connectivity index (χ0v) is 7.18. The zero-order chi connectivity index (χ0) is 8.27. The Kier molecular flexibility index (Phi) is 2.52. The van der Waals surface area contributed by atoms with Crippen molar-refractivity contribution in [2.24, 2.45) is 4.99 Å². The van der Waals surface area contributed by atoms with Gasteiger partial charge in [-0.05, 0) is 13.8 Å². The molecule has 1 unspecified atom stereocenters. The maximum atomic E-state index is 9.91. The van der Waals surface area contributed by atoms with Crippen molar-refractivity contribution < 1.29 is 4.79 Å². The molecule has 0 N–H and O–H groups in total. The molecule has 1 aromatic rings. The maximum absolute atomic E-state index is 9.91. The van der Waals surface area contributed by atoms with E-state index < -0.39 is 0 Å². The standard InChI is InChI=1S/C7H8N2OS/c1-5(8-3-10)7-6(2)9-4-11-7/h4-5H,1-2H3. The molecule has 0 amide bonds. The van der Waals surface area contributed by atoms with Gasteiger partial charge in [0, 0.05) is 0 Å². The van der Waals surface area contributed by atoms with Gasteiger partial charge in [0.25, 0.3) is 0 Å². The average Bonchev–Trinajstić information content (AvgIpc) is 2.36. The van der Waals surface area contributed by atoms with Crippen LogP contribution in [-0.2, 0) is 4.79 Å². The molecule has 0 aliphatic carbocycles. The van der Waals surface area contributed by atoms with E-state index in [1.807, 2.05) is 13.8 Å². The Morgan fingerprint density at radius 3 is 3.00 bits per heavy atom. The third-order valence-corrected chi connectivity index (χ3v) is 2.51. The van der Waals surface area contributed by atoms with E-state index in [1.54, 1.807) is 5.51 Å². The molecule has 0 aromatic carbocycles. The molecule has 0 radical (unpaired) electrons. The van der Waals surface area contributed by atoms with Crippen LogP contribution in [0.15, 0.2) is 10.5 Å². The van der Waals surface area contributed by atoms with Crippen molar-refractivity contribution in [1.29, 1.82) is 0 Å². The quantitative estimate of drug-likeness (QED) is 0.499. The molecule has 0 saturated heterocycles. The first kappa shape index (κ1) is 8.11. The van der Waals surface area contributed by atoms with Gasteiger partial charge in [-0.3, -0.25) is 0 Å². The van der Waals surface area contributed by atoms with Gasteiger partial charge in [0.1, 0.15) is 0 Å². The van der Waals surface area contributed by atoms with Gasteiger partial charge < -0.3 is 0 Å². The highest BCUT2D eigenvalue weighted by Crippen LogP contribution is 2.23. The van der Waals surface area contributed by atoms with Crippen LogP contribution in [0.25, 0.3) is 0 Å². The first-order valence-electron chi connectivity index (χ1n) is 3.22. The first-order valence-corrected chi connectivity index (χ1v) is 4.10. The van der Waals surface area contributed by atoms with E-state index in [4.69, 9.17) is 0 Å². The third kappa shape index (κ3) is 1.73. The molecule has 1 heterocycles. The van der Waals surface area contributed by atoms with Crippen LogP contribution in [0.5, 0.6) is 0 Å². The molecule has 3 nitrogen and oxygen atoms in total. The highest BCUT2D eigenvalue weighted by molar-refractivity contribution is 7.09. The largest absolute Gasteiger partial charge is 0.250 e. The van der Waals surface area contributed by atoms with E-state index in [2.05, 4.69) is 9.98 Å². The summed E-state index contributed by atoms with van der Waals surface area (Å²) in [7, 11) is 0. The summed E-state index contributed by atoms with van der Waals surface area (Å²) in [6.07, 6.45) is 1.54. The number of carbonyl (C=O) groups excluding carboxylic acids is 1. The van der Waals surface area contributed by atoms with Crippen LogP contribution in [0, 0.1) is 6.92 Å². The Morgan fingerprint density at radius 1 is 1.82 bits per heavy atom. The summed E-state index contributed by atoms with van der Waals surface area (Å²) in [5.74, 6) is 0. The molecule has 4 heteroatoms. The van der Waals surface area contributed by atoms with Gasteiger partial charge in [-0.15, -0.1) is 11.3 Å². The second-order valence-electron chi connectivity index (χ2n) is 2.20. The lowest BCUT2D eigenvalue weighted by Gasteiger charge is -1.98. The summed E-state index contributed by atoms with van der Waals surface area (Å²) in [4.78, 5) is 18.6. The number of hydrogen-bond acceptors (Lipinski definition) is 4. The molecule has 1 atom stereocenters. The van der Waals surface area contributed by atoms with Crippen molar-refractivity contribution in [2.45, 2.75) is 19.9 Å². The predicted octanol–water partition coefficient (Wildman–Crippen LogP) is 1.85. The number of isocyanates is 1. The lowest BCUT2D eigenvalue weighted by Crippen LogP contribution is -1.87. The molecule has 0 saturated carbocycles. The lowest BCUT2D eigenvalue weighted by molar-refractivity contribution is 0.560. The lowest BCUT2D eigenvalue weighted by atomic mass is 10.2. The SMILES string of the molecule is Cc1ncsc1C(C)N=C=O. The van der Waals surface area contributed by atoms with Crippen molar-refractivity contribution in [1.82, 2.24) is 4.98 Å². The summed E-state index contributed by atoms with van der Waals surface area (Å²) >= 11 is 1.51. The van der Waals surface area contributed by atoms with Gasteiger partial charge in [-0.1, -0.05) is 0 Å². The minimum atomic E-state index is -0.0972. The Labute approximate surface area is 68.8 Å². The molecular weight excluding hydrogens is 160 g/mol. The Morgan fingerprint density at radius 2 is 2.55 bits per heavy atom. The molecule has 0 fully saturated rings. The van der Waals surface area contributed by atoms with Crippen LogP contribution in [0.1, 0.15) is 23.5 Å². The van der Waals surface area contributed by atoms with E-state index in [0.29, 0.717) is 0 Å². The Hall–Kier alpha value is -0.990. The Bertz CT molecular complexity index is 288. The molecule has 0 aliphatic rings. The highest BCUT2D eigenvalue weighted by atomic mass is 32.1. The molecule has 0 bridgehead atoms. The fraction of sp³-hybridized carbons (Fsp3) is 0.429. The van der Waals surface area contributed by atoms with E-state index in [1.165, 1.54) is 17.4 Å². The molecule has 1 rings (SSSR count). The van der Waals surface area contributed by atoms with Crippen LogP contribution in [0.2, 0.25) is 0 Å². The minimum Gasteiger partial charge on any atom is -0.250 e. The van der Waals surface area contributed by atoms with Gasteiger partial charge in [-0.25, -0.2) is 9.78 Å². The molecule has 0 spiro atoms. The van der Waals surface area contributed by atoms with E-state index in [9.17, 15) is 4.79 Å². The van der Waals surface area contributed by atoms with Crippen LogP contribution >= 0.6 is 11.3 Å². The van der Waals surface area contributed by atoms with Gasteiger partial charge in [0.15, 0.2) is 0 Å². The number of rotatable bonds is 2. The van der Waals surface area contributed by atoms with Gasteiger partial charge in [-0.2, -0.15) is 4.99 Å². The van der Waals surface area contributed by atoms with Gasteiger partial charge in [0.2, 0.25) is 6.08 Å². The van der Waals surface area contributed by atoms with Gasteiger partial charge >= 0.3 is 0 Å². The van der Waals surface area contributed by atoms with Crippen LogP contribution in [-0.4, -0.2) is 11.1 Å². The summed E-state index contributed by atoms with van der Waals surface area (Å²) in [5.41, 5.74) is 2.70. The second-order valence-corrected chi connectivity index (χ2v) is 3.08. The summed E-state index contributed by atoms with van der Waals surface area (Å²) < 4.78 is 0. The number of aryl methyl sites for hydroxylation is 1. The monoisotopic (exact) mass is 168 g/mol. The van der Waals surface area contributed by atoms with Crippen LogP contribution in [0.3, 0.4) is 0 Å². The number of hydrogen-bond donors (Lipinski definition) is 0. The van der Waals surface area contributed by atoms with Crippen LogP contribution in [0.4, 0.5) is 0 Å². The second kappa shape index (κ2) is 3.42. The highest BCUT2D eigenvalue weighted by Gasteiger charge is 2.08. The maximum Gasteiger partial charge on any atom is 0.235 e. The van der Waals surface area contributed by atoms with E-state index in [0.717, 1.165) is 10.6 Å². The molecule has 11 heavy (non-hydrogen) atoms. The summed E-state index contributed by atoms with van der Waals surface area (Å²) in [5, 5.41) is 0. The average molecular weight is 168 g/mol. The van der Waals surface area contributed by atoms with Crippen molar-refractivity contribution >= 4 is 17.4 Å². The smallest absolute Gasteiger partial charge is 0.235 e. The number of aliphatic imine (C=N–C) groups is 1. The summed E-state index contributed by atoms with van der Waals surface area (Å²) in [6, 6.07) is -0.0972. The Balaban J connectivity index is 2.92. The number of nitrogens with zero attached hydrogens (tertiary/aromatic N) is 2. The topological polar surface area (TPSA) is 42.3 Å². The summed E-state index contributed by atoms with van der Waals surface area (Å²) in [6.45, 7) is 3.76. The van der Waals surface area contributed by atoms with Crippen molar-refractivity contribution in [2.75, 3.05) is 0 Å². The fourth-order valence-electron chi connectivity index (χ4n) is 0.850. The zero-order valence-electron chi connectivity index (χ0n) is 6.37.